The van der Waals surface area contributed by atoms with Gasteiger partial charge in [0.15, 0.2) is 15.0 Å². The summed E-state index contributed by atoms with van der Waals surface area (Å²) in [5.41, 5.74) is 1.82. The first-order valence-corrected chi connectivity index (χ1v) is 13.1. The smallest absolute Gasteiger partial charge is 0.494 e. The lowest BCUT2D eigenvalue weighted by Gasteiger charge is -2.31. The molecule has 182 valence electrons. The molecule has 0 unspecified atom stereocenters. The number of sulfone groups is 1. The molecule has 2 aromatic carbocycles. The molecule has 1 aliphatic heterocycles. The Balaban J connectivity index is 1.38. The number of aromatic nitrogens is 1. The van der Waals surface area contributed by atoms with Gasteiger partial charge in [-0.3, -0.25) is 0 Å². The minimum Gasteiger partial charge on any atom is -0.494 e. The van der Waals surface area contributed by atoms with Crippen molar-refractivity contribution in [2.45, 2.75) is 36.3 Å². The summed E-state index contributed by atoms with van der Waals surface area (Å²) in [7, 11) is -3.67. The minimum atomic E-state index is -4.82. The fraction of sp³-hybridized carbons (Fsp3) is 0.348. The maximum Gasteiger partial charge on any atom is 0.573 e. The highest BCUT2D eigenvalue weighted by Gasteiger charge is 2.33. The molecule has 34 heavy (non-hydrogen) atoms. The van der Waals surface area contributed by atoms with Crippen molar-refractivity contribution in [3.05, 3.63) is 53.9 Å². The van der Waals surface area contributed by atoms with Gasteiger partial charge in [-0.2, -0.15) is 0 Å². The highest BCUT2D eigenvalue weighted by molar-refractivity contribution is 7.92. The van der Waals surface area contributed by atoms with E-state index in [4.69, 9.17) is 9.72 Å². The second kappa shape index (κ2) is 9.83. The third kappa shape index (κ3) is 5.64. The zero-order valence-electron chi connectivity index (χ0n) is 18.3. The standard InChI is InChI=1S/C23H23F3N2O4S2/c1-2-31-17-5-3-16(4-6-17)21-15-33-22(27-21)28-13-11-20(12-14-28)34(29,30)19-9-7-18(8-10-19)32-23(24,25)26/h3-10,15,20H,2,11-14H2,1H3. The van der Waals surface area contributed by atoms with Gasteiger partial charge in [-0.25, -0.2) is 13.4 Å². The maximum absolute atomic E-state index is 13.0. The first-order chi connectivity index (χ1) is 16.2. The zero-order valence-corrected chi connectivity index (χ0v) is 19.9. The van der Waals surface area contributed by atoms with Gasteiger partial charge >= 0.3 is 6.36 Å². The number of halogens is 3. The molecule has 0 radical (unpaired) electrons. The van der Waals surface area contributed by atoms with Gasteiger partial charge in [0, 0.05) is 24.0 Å². The molecule has 6 nitrogen and oxygen atoms in total. The summed E-state index contributed by atoms with van der Waals surface area (Å²) < 4.78 is 72.2. The van der Waals surface area contributed by atoms with Crippen LogP contribution in [0.2, 0.25) is 0 Å². The van der Waals surface area contributed by atoms with Crippen molar-refractivity contribution in [3.8, 4) is 22.8 Å². The zero-order chi connectivity index (χ0) is 24.3. The van der Waals surface area contributed by atoms with E-state index in [-0.39, 0.29) is 4.90 Å². The molecule has 0 bridgehead atoms. The Morgan fingerprint density at radius 2 is 1.65 bits per heavy atom. The molecule has 2 heterocycles. The first-order valence-electron chi connectivity index (χ1n) is 10.7. The van der Waals surface area contributed by atoms with Crippen LogP contribution in [0.3, 0.4) is 0 Å². The van der Waals surface area contributed by atoms with Crippen LogP contribution >= 0.6 is 11.3 Å². The normalized spacial score (nSPS) is 15.4. The average molecular weight is 513 g/mol. The lowest BCUT2D eigenvalue weighted by atomic mass is 10.1. The van der Waals surface area contributed by atoms with E-state index in [9.17, 15) is 21.6 Å². The molecule has 1 aliphatic rings. The predicted molar refractivity (Wildman–Crippen MR) is 124 cm³/mol. The fourth-order valence-corrected chi connectivity index (χ4v) is 6.43. The van der Waals surface area contributed by atoms with E-state index >= 15 is 0 Å². The highest BCUT2D eigenvalue weighted by Crippen LogP contribution is 2.33. The Morgan fingerprint density at radius 1 is 1.03 bits per heavy atom. The Morgan fingerprint density at radius 3 is 2.24 bits per heavy atom. The third-order valence-corrected chi connectivity index (χ3v) is 8.67. The van der Waals surface area contributed by atoms with Gasteiger partial charge in [-0.05, 0) is 68.3 Å². The average Bonchev–Trinajstić information content (AvgIpc) is 3.30. The lowest BCUT2D eigenvalue weighted by Crippen LogP contribution is -2.39. The van der Waals surface area contributed by atoms with E-state index in [1.54, 1.807) is 0 Å². The van der Waals surface area contributed by atoms with Gasteiger partial charge in [-0.1, -0.05) is 0 Å². The summed E-state index contributed by atoms with van der Waals surface area (Å²) >= 11 is 1.50. The number of piperidine rings is 1. The number of thiazole rings is 1. The number of hydrogen-bond donors (Lipinski definition) is 0. The summed E-state index contributed by atoms with van der Waals surface area (Å²) in [5.74, 6) is 0.348. The van der Waals surface area contributed by atoms with Gasteiger partial charge in [-0.15, -0.1) is 24.5 Å². The number of nitrogens with zero attached hydrogens (tertiary/aromatic N) is 2. The number of anilines is 1. The van der Waals surface area contributed by atoms with Crippen LogP contribution in [0.1, 0.15) is 19.8 Å². The van der Waals surface area contributed by atoms with Crippen LogP contribution in [-0.2, 0) is 9.84 Å². The molecule has 0 aliphatic carbocycles. The topological polar surface area (TPSA) is 68.7 Å². The van der Waals surface area contributed by atoms with Crippen molar-refractivity contribution in [3.63, 3.8) is 0 Å². The van der Waals surface area contributed by atoms with Gasteiger partial charge in [0.2, 0.25) is 0 Å². The summed E-state index contributed by atoms with van der Waals surface area (Å²) in [5, 5.41) is 2.19. The molecular formula is C23H23F3N2O4S2. The van der Waals surface area contributed by atoms with Crippen molar-refractivity contribution >= 4 is 26.3 Å². The fourth-order valence-electron chi connectivity index (χ4n) is 3.81. The van der Waals surface area contributed by atoms with Crippen LogP contribution < -0.4 is 14.4 Å². The molecular weight excluding hydrogens is 489 g/mol. The van der Waals surface area contributed by atoms with E-state index in [0.29, 0.717) is 32.5 Å². The summed E-state index contributed by atoms with van der Waals surface area (Å²) in [6, 6.07) is 12.1. The minimum absolute atomic E-state index is 0.00694. The van der Waals surface area contributed by atoms with Crippen molar-refractivity contribution in [2.24, 2.45) is 0 Å². The maximum atomic E-state index is 13.0. The van der Waals surface area contributed by atoms with Gasteiger partial charge in [0.1, 0.15) is 11.5 Å². The second-order valence-corrected chi connectivity index (χ2v) is 10.8. The summed E-state index contributed by atoms with van der Waals surface area (Å²) in [4.78, 5) is 6.77. The van der Waals surface area contributed by atoms with Crippen molar-refractivity contribution < 1.29 is 31.1 Å². The first kappa shape index (κ1) is 24.3. The highest BCUT2D eigenvalue weighted by atomic mass is 32.2. The molecule has 0 saturated carbocycles. The number of benzene rings is 2. The molecule has 1 fully saturated rings. The number of rotatable bonds is 7. The van der Waals surface area contributed by atoms with E-state index in [2.05, 4.69) is 9.64 Å². The molecule has 0 atom stereocenters. The van der Waals surface area contributed by atoms with Crippen LogP contribution in [0.25, 0.3) is 11.3 Å². The molecule has 3 aromatic rings. The van der Waals surface area contributed by atoms with Gasteiger partial charge in [0.25, 0.3) is 0 Å². The second-order valence-electron chi connectivity index (χ2n) is 7.72. The van der Waals surface area contributed by atoms with Crippen molar-refractivity contribution in [1.29, 1.82) is 0 Å². The van der Waals surface area contributed by atoms with Crippen molar-refractivity contribution in [2.75, 3.05) is 24.6 Å². The quantitative estimate of drug-likeness (QED) is 0.414. The van der Waals surface area contributed by atoms with Gasteiger partial charge in [0.05, 0.1) is 22.4 Å². The van der Waals surface area contributed by atoms with Crippen LogP contribution in [0.5, 0.6) is 11.5 Å². The Bertz CT molecular complexity index is 1200. The van der Waals surface area contributed by atoms with Gasteiger partial charge < -0.3 is 14.4 Å². The molecule has 1 aromatic heterocycles. The van der Waals surface area contributed by atoms with E-state index in [0.717, 1.165) is 46.4 Å². The van der Waals surface area contributed by atoms with Crippen LogP contribution in [0, 0.1) is 0 Å². The summed E-state index contributed by atoms with van der Waals surface area (Å²) in [6.45, 7) is 3.58. The molecule has 0 spiro atoms. The van der Waals surface area contributed by atoms with Crippen LogP contribution in [-0.4, -0.2) is 44.7 Å². The van der Waals surface area contributed by atoms with Crippen LogP contribution in [0.15, 0.2) is 58.8 Å². The monoisotopic (exact) mass is 512 g/mol. The van der Waals surface area contributed by atoms with Crippen molar-refractivity contribution in [1.82, 2.24) is 4.98 Å². The Kier molecular flexibility index (Phi) is 7.04. The third-order valence-electron chi connectivity index (χ3n) is 5.49. The number of hydrogen-bond acceptors (Lipinski definition) is 7. The Hall–Kier alpha value is -2.79. The molecule has 0 amide bonds. The van der Waals surface area contributed by atoms with E-state index < -0.39 is 27.2 Å². The Labute approximate surface area is 199 Å². The largest absolute Gasteiger partial charge is 0.573 e. The van der Waals surface area contributed by atoms with E-state index in [1.165, 1.54) is 11.3 Å². The van der Waals surface area contributed by atoms with E-state index in [1.807, 2.05) is 36.6 Å². The predicted octanol–water partition coefficient (Wildman–Crippen LogP) is 5.55. The van der Waals surface area contributed by atoms with Crippen LogP contribution in [0.4, 0.5) is 18.3 Å². The molecule has 0 N–H and O–H groups in total. The lowest BCUT2D eigenvalue weighted by molar-refractivity contribution is -0.274. The summed E-state index contributed by atoms with van der Waals surface area (Å²) in [6.07, 6.45) is -4.02. The molecule has 11 heteroatoms. The molecule has 1 saturated heterocycles. The molecule has 4 rings (SSSR count). The number of ether oxygens (including phenoxy) is 2. The SMILES string of the molecule is CCOc1ccc(-c2csc(N3CCC(S(=O)(=O)c4ccc(OC(F)(F)F)cc4)CC3)n2)cc1. The number of alkyl halides is 3.